The predicted molar refractivity (Wildman–Crippen MR) is 76.5 cm³/mol. The minimum absolute atomic E-state index is 0.0148. The zero-order chi connectivity index (χ0) is 16.0. The first-order chi connectivity index (χ1) is 9.80. The minimum Gasteiger partial charge on any atom is -0.481 e. The number of sulfonamides is 1. The highest BCUT2D eigenvalue weighted by atomic mass is 32.2. The van der Waals surface area contributed by atoms with Crippen molar-refractivity contribution in [3.63, 3.8) is 0 Å². The van der Waals surface area contributed by atoms with Gasteiger partial charge < -0.3 is 10.4 Å². The number of hydrogen-bond acceptors (Lipinski definition) is 4. The van der Waals surface area contributed by atoms with Crippen molar-refractivity contribution < 1.29 is 23.1 Å². The summed E-state index contributed by atoms with van der Waals surface area (Å²) in [5, 5.41) is 11.2. The zero-order valence-electron chi connectivity index (χ0n) is 11.8. The number of benzene rings is 1. The number of carbonyl (C=O) groups is 2. The summed E-state index contributed by atoms with van der Waals surface area (Å²) in [6, 6.07) is 4.73. The topological polar surface area (TPSA) is 113 Å². The molecule has 1 atom stereocenters. The highest BCUT2D eigenvalue weighted by Crippen LogP contribution is 2.12. The molecular weight excluding hydrogens is 296 g/mol. The van der Waals surface area contributed by atoms with E-state index < -0.39 is 22.0 Å². The van der Waals surface area contributed by atoms with E-state index in [0.29, 0.717) is 12.0 Å². The van der Waals surface area contributed by atoms with E-state index in [1.165, 1.54) is 31.3 Å². The maximum Gasteiger partial charge on any atom is 0.304 e. The van der Waals surface area contributed by atoms with Crippen molar-refractivity contribution >= 4 is 21.9 Å². The Morgan fingerprint density at radius 1 is 1.24 bits per heavy atom. The monoisotopic (exact) mass is 314 g/mol. The van der Waals surface area contributed by atoms with Crippen LogP contribution in [-0.2, 0) is 14.8 Å². The van der Waals surface area contributed by atoms with Gasteiger partial charge in [-0.25, -0.2) is 13.1 Å². The third kappa shape index (κ3) is 4.83. The summed E-state index contributed by atoms with van der Waals surface area (Å²) in [5.74, 6) is -1.39. The van der Waals surface area contributed by atoms with Crippen molar-refractivity contribution in [1.82, 2.24) is 10.0 Å². The van der Waals surface area contributed by atoms with Gasteiger partial charge >= 0.3 is 5.97 Å². The molecule has 116 valence electrons. The Morgan fingerprint density at radius 3 is 2.24 bits per heavy atom. The fourth-order valence-electron chi connectivity index (χ4n) is 1.70. The lowest BCUT2D eigenvalue weighted by molar-refractivity contribution is -0.137. The van der Waals surface area contributed by atoms with Crippen LogP contribution in [0.25, 0.3) is 0 Å². The van der Waals surface area contributed by atoms with Crippen LogP contribution in [0.2, 0.25) is 0 Å². The number of rotatable bonds is 7. The van der Waals surface area contributed by atoms with Crippen LogP contribution in [0.1, 0.15) is 30.1 Å². The van der Waals surface area contributed by atoms with Gasteiger partial charge in [-0.3, -0.25) is 9.59 Å². The number of carboxylic acids is 1. The summed E-state index contributed by atoms with van der Waals surface area (Å²) in [6.07, 6.45) is 0.0773. The normalized spacial score (nSPS) is 12.7. The Morgan fingerprint density at radius 2 is 1.81 bits per heavy atom. The average Bonchev–Trinajstić information content (AvgIpc) is 2.45. The van der Waals surface area contributed by atoms with Crippen LogP contribution in [0.15, 0.2) is 29.2 Å². The van der Waals surface area contributed by atoms with E-state index in [1.807, 2.05) is 0 Å². The zero-order valence-corrected chi connectivity index (χ0v) is 12.6. The molecule has 0 aliphatic carbocycles. The van der Waals surface area contributed by atoms with Crippen molar-refractivity contribution in [3.8, 4) is 0 Å². The van der Waals surface area contributed by atoms with Crippen LogP contribution in [0.5, 0.6) is 0 Å². The first-order valence-corrected chi connectivity index (χ1v) is 7.84. The summed E-state index contributed by atoms with van der Waals surface area (Å²) < 4.78 is 26.6. The third-order valence-electron chi connectivity index (χ3n) is 2.89. The fourth-order valence-corrected chi connectivity index (χ4v) is 3.02. The second-order valence-corrected chi connectivity index (χ2v) is 6.14. The molecule has 0 aliphatic heterocycles. The van der Waals surface area contributed by atoms with Crippen molar-refractivity contribution in [2.75, 3.05) is 7.05 Å². The molecule has 3 N–H and O–H groups in total. The van der Waals surface area contributed by atoms with E-state index in [0.717, 1.165) is 0 Å². The van der Waals surface area contributed by atoms with E-state index >= 15 is 0 Å². The maximum absolute atomic E-state index is 12.1. The fraction of sp³-hybridized carbons (Fsp3) is 0.385. The van der Waals surface area contributed by atoms with Crippen molar-refractivity contribution in [2.24, 2.45) is 0 Å². The molecule has 1 aromatic rings. The van der Waals surface area contributed by atoms with Gasteiger partial charge in [0.1, 0.15) is 0 Å². The minimum atomic E-state index is -3.81. The Hall–Kier alpha value is -1.93. The van der Waals surface area contributed by atoms with Gasteiger partial charge in [0.2, 0.25) is 10.0 Å². The van der Waals surface area contributed by atoms with Gasteiger partial charge in [0.15, 0.2) is 0 Å². The summed E-state index contributed by atoms with van der Waals surface area (Å²) in [7, 11) is -2.33. The smallest absolute Gasteiger partial charge is 0.304 e. The second-order valence-electron chi connectivity index (χ2n) is 4.43. The van der Waals surface area contributed by atoms with Crippen LogP contribution in [0.4, 0.5) is 0 Å². The standard InChI is InChI=1S/C13H18N2O5S/c1-3-10(8-12(16)17)15-21(19,20)11-6-4-9(5-7-11)13(18)14-2/h4-7,10,15H,3,8H2,1-2H3,(H,14,18)(H,16,17). The maximum atomic E-state index is 12.1. The number of hydrogen-bond donors (Lipinski definition) is 3. The van der Waals surface area contributed by atoms with Crippen molar-refractivity contribution in [2.45, 2.75) is 30.7 Å². The molecule has 0 saturated carbocycles. The molecule has 0 bridgehead atoms. The Bertz CT molecular complexity index is 610. The van der Waals surface area contributed by atoms with Gasteiger partial charge in [0, 0.05) is 18.7 Å². The molecule has 7 nitrogen and oxygen atoms in total. The van der Waals surface area contributed by atoms with E-state index in [4.69, 9.17) is 5.11 Å². The van der Waals surface area contributed by atoms with Crippen LogP contribution < -0.4 is 10.0 Å². The molecule has 1 rings (SSSR count). The molecule has 0 radical (unpaired) electrons. The molecule has 0 saturated heterocycles. The highest BCUT2D eigenvalue weighted by molar-refractivity contribution is 7.89. The largest absolute Gasteiger partial charge is 0.481 e. The third-order valence-corrected chi connectivity index (χ3v) is 4.43. The molecule has 0 spiro atoms. The molecule has 1 unspecified atom stereocenters. The van der Waals surface area contributed by atoms with Crippen molar-refractivity contribution in [3.05, 3.63) is 29.8 Å². The predicted octanol–water partition coefficient (Wildman–Crippen LogP) is 0.578. The summed E-state index contributed by atoms with van der Waals surface area (Å²) >= 11 is 0. The van der Waals surface area contributed by atoms with E-state index in [2.05, 4.69) is 10.0 Å². The number of amides is 1. The van der Waals surface area contributed by atoms with Gasteiger partial charge in [0.25, 0.3) is 5.91 Å². The van der Waals surface area contributed by atoms with Crippen LogP contribution in [0.3, 0.4) is 0 Å². The number of aliphatic carboxylic acids is 1. The van der Waals surface area contributed by atoms with Gasteiger partial charge in [-0.1, -0.05) is 6.92 Å². The molecule has 8 heteroatoms. The van der Waals surface area contributed by atoms with E-state index in [-0.39, 0.29) is 17.2 Å². The summed E-state index contributed by atoms with van der Waals surface area (Å²) in [5.41, 5.74) is 0.342. The molecule has 0 fully saturated rings. The lowest BCUT2D eigenvalue weighted by atomic mass is 10.2. The highest BCUT2D eigenvalue weighted by Gasteiger charge is 2.21. The number of nitrogens with one attached hydrogen (secondary N) is 2. The molecular formula is C13H18N2O5S. The molecule has 21 heavy (non-hydrogen) atoms. The van der Waals surface area contributed by atoms with Gasteiger partial charge in [-0.15, -0.1) is 0 Å². The van der Waals surface area contributed by atoms with E-state index in [1.54, 1.807) is 6.92 Å². The quantitative estimate of drug-likeness (QED) is 0.681. The second kappa shape index (κ2) is 7.19. The SMILES string of the molecule is CCC(CC(=O)O)NS(=O)(=O)c1ccc(C(=O)NC)cc1. The Balaban J connectivity index is 2.92. The van der Waals surface area contributed by atoms with Crippen LogP contribution >= 0.6 is 0 Å². The van der Waals surface area contributed by atoms with Gasteiger partial charge in [0.05, 0.1) is 11.3 Å². The molecule has 0 aliphatic rings. The average molecular weight is 314 g/mol. The van der Waals surface area contributed by atoms with E-state index in [9.17, 15) is 18.0 Å². The molecule has 0 aromatic heterocycles. The Labute approximate surface area is 123 Å². The van der Waals surface area contributed by atoms with Gasteiger partial charge in [-0.05, 0) is 30.7 Å². The van der Waals surface area contributed by atoms with Crippen molar-refractivity contribution in [1.29, 1.82) is 0 Å². The van der Waals surface area contributed by atoms with Crippen LogP contribution in [0, 0.1) is 0 Å². The summed E-state index contributed by atoms with van der Waals surface area (Å²) in [6.45, 7) is 1.70. The first kappa shape index (κ1) is 17.1. The molecule has 1 amide bonds. The Kier molecular flexibility index (Phi) is 5.86. The lowest BCUT2D eigenvalue weighted by Crippen LogP contribution is -2.36. The van der Waals surface area contributed by atoms with Gasteiger partial charge in [-0.2, -0.15) is 0 Å². The summed E-state index contributed by atoms with van der Waals surface area (Å²) in [4.78, 5) is 22.0. The lowest BCUT2D eigenvalue weighted by Gasteiger charge is -2.15. The number of carbonyl (C=O) groups excluding carboxylic acids is 1. The molecule has 1 aromatic carbocycles. The first-order valence-electron chi connectivity index (χ1n) is 6.36. The number of carboxylic acid groups (broad SMARTS) is 1. The molecule has 0 heterocycles. The van der Waals surface area contributed by atoms with Crippen LogP contribution in [-0.4, -0.2) is 38.5 Å².